The minimum atomic E-state index is -0.352. The highest BCUT2D eigenvalue weighted by molar-refractivity contribution is 7.21. The van der Waals surface area contributed by atoms with E-state index in [1.54, 1.807) is 20.3 Å². The third-order valence-corrected chi connectivity index (χ3v) is 3.56. The molecule has 0 fully saturated rings. The summed E-state index contributed by atoms with van der Waals surface area (Å²) in [5.74, 6) is 1.09. The predicted octanol–water partition coefficient (Wildman–Crippen LogP) is 2.71. The highest BCUT2D eigenvalue weighted by Gasteiger charge is 2.16. The molecule has 0 saturated heterocycles. The maximum Gasteiger partial charge on any atom is 0.348 e. The van der Waals surface area contributed by atoms with Crippen molar-refractivity contribution in [1.29, 1.82) is 0 Å². The topological polar surface area (TPSA) is 44.8 Å². The summed E-state index contributed by atoms with van der Waals surface area (Å²) >= 11 is 1.33. The van der Waals surface area contributed by atoms with Crippen LogP contribution in [0, 0.1) is 0 Å². The van der Waals surface area contributed by atoms with Crippen LogP contribution in [0.3, 0.4) is 0 Å². The molecule has 0 aliphatic heterocycles. The Balaban J connectivity index is 2.68. The van der Waals surface area contributed by atoms with Gasteiger partial charge in [0, 0.05) is 5.39 Å². The van der Waals surface area contributed by atoms with Crippen molar-refractivity contribution >= 4 is 27.4 Å². The molecule has 2 rings (SSSR count). The number of rotatable bonds is 3. The number of ether oxygens (including phenoxy) is 3. The van der Waals surface area contributed by atoms with Crippen LogP contribution in [0.1, 0.15) is 9.67 Å². The molecule has 0 atom stereocenters. The van der Waals surface area contributed by atoms with Gasteiger partial charge >= 0.3 is 5.97 Å². The summed E-state index contributed by atoms with van der Waals surface area (Å²) in [4.78, 5) is 12.0. The smallest absolute Gasteiger partial charge is 0.348 e. The van der Waals surface area contributed by atoms with Crippen LogP contribution in [0.5, 0.6) is 11.5 Å². The molecule has 1 aromatic carbocycles. The van der Waals surface area contributed by atoms with Gasteiger partial charge in [-0.25, -0.2) is 4.79 Å². The standard InChI is InChI=1S/C12H12O4S/c1-14-8-4-5-9(15-2)11-7(8)6-10(17-11)12(13)16-3/h4-6H,1-3H3. The molecule has 0 amide bonds. The van der Waals surface area contributed by atoms with Gasteiger partial charge in [-0.15, -0.1) is 11.3 Å². The van der Waals surface area contributed by atoms with Crippen molar-refractivity contribution in [2.45, 2.75) is 0 Å². The first-order chi connectivity index (χ1) is 8.21. The van der Waals surface area contributed by atoms with Crippen LogP contribution in [0.15, 0.2) is 18.2 Å². The Labute approximate surface area is 103 Å². The third-order valence-electron chi connectivity index (χ3n) is 2.43. The van der Waals surface area contributed by atoms with Crippen LogP contribution in [-0.4, -0.2) is 27.3 Å². The zero-order valence-electron chi connectivity index (χ0n) is 9.77. The van der Waals surface area contributed by atoms with E-state index in [1.165, 1.54) is 18.4 Å². The van der Waals surface area contributed by atoms with Gasteiger partial charge in [0.2, 0.25) is 0 Å². The predicted molar refractivity (Wildman–Crippen MR) is 66.3 cm³/mol. The van der Waals surface area contributed by atoms with Gasteiger partial charge in [0.25, 0.3) is 0 Å². The quantitative estimate of drug-likeness (QED) is 0.788. The van der Waals surface area contributed by atoms with Gasteiger partial charge in [-0.2, -0.15) is 0 Å². The van der Waals surface area contributed by atoms with E-state index in [0.29, 0.717) is 10.6 Å². The number of carbonyl (C=O) groups is 1. The summed E-state index contributed by atoms with van der Waals surface area (Å²) in [6, 6.07) is 5.39. The number of esters is 1. The summed E-state index contributed by atoms with van der Waals surface area (Å²) < 4.78 is 16.1. The lowest BCUT2D eigenvalue weighted by Gasteiger charge is -2.04. The molecule has 1 aromatic heterocycles. The molecule has 0 saturated carbocycles. The molecule has 5 heteroatoms. The normalized spacial score (nSPS) is 10.3. The molecule has 0 bridgehead atoms. The number of carbonyl (C=O) groups excluding carboxylic acids is 1. The minimum Gasteiger partial charge on any atom is -0.496 e. The van der Waals surface area contributed by atoms with E-state index in [1.807, 2.05) is 12.1 Å². The van der Waals surface area contributed by atoms with Gasteiger partial charge in [-0.05, 0) is 18.2 Å². The van der Waals surface area contributed by atoms with Gasteiger partial charge in [0.15, 0.2) is 0 Å². The summed E-state index contributed by atoms with van der Waals surface area (Å²) in [5, 5.41) is 0.859. The van der Waals surface area contributed by atoms with Crippen LogP contribution in [0.25, 0.3) is 10.1 Å². The Kier molecular flexibility index (Phi) is 3.19. The van der Waals surface area contributed by atoms with Crippen molar-refractivity contribution in [3.8, 4) is 11.5 Å². The molecule has 4 nitrogen and oxygen atoms in total. The Morgan fingerprint density at radius 3 is 2.35 bits per heavy atom. The van der Waals surface area contributed by atoms with Crippen molar-refractivity contribution in [2.24, 2.45) is 0 Å². The van der Waals surface area contributed by atoms with E-state index in [2.05, 4.69) is 0 Å². The van der Waals surface area contributed by atoms with Crippen LogP contribution in [-0.2, 0) is 4.74 Å². The zero-order valence-corrected chi connectivity index (χ0v) is 10.6. The SMILES string of the molecule is COC(=O)c1cc2c(OC)ccc(OC)c2s1. The second-order valence-electron chi connectivity index (χ2n) is 3.32. The fourth-order valence-corrected chi connectivity index (χ4v) is 2.70. The number of methoxy groups -OCH3 is 3. The molecule has 0 N–H and O–H groups in total. The number of benzene rings is 1. The summed E-state index contributed by atoms with van der Waals surface area (Å²) in [6.45, 7) is 0. The summed E-state index contributed by atoms with van der Waals surface area (Å²) in [7, 11) is 4.55. The molecule has 0 radical (unpaired) electrons. The van der Waals surface area contributed by atoms with Crippen LogP contribution in [0.2, 0.25) is 0 Å². The van der Waals surface area contributed by atoms with Crippen LogP contribution >= 0.6 is 11.3 Å². The Morgan fingerprint density at radius 2 is 1.76 bits per heavy atom. The van der Waals surface area contributed by atoms with Crippen molar-refractivity contribution in [3.63, 3.8) is 0 Å². The van der Waals surface area contributed by atoms with Gasteiger partial charge in [-0.3, -0.25) is 0 Å². The molecule has 90 valence electrons. The lowest BCUT2D eigenvalue weighted by molar-refractivity contribution is 0.0606. The summed E-state index contributed by atoms with van der Waals surface area (Å²) in [6.07, 6.45) is 0. The highest BCUT2D eigenvalue weighted by atomic mass is 32.1. The molecule has 2 aromatic rings. The highest BCUT2D eigenvalue weighted by Crippen LogP contribution is 2.39. The maximum atomic E-state index is 11.5. The molecule has 0 aliphatic rings. The van der Waals surface area contributed by atoms with E-state index in [4.69, 9.17) is 14.2 Å². The lowest BCUT2D eigenvalue weighted by Crippen LogP contribution is -1.96. The first-order valence-electron chi connectivity index (χ1n) is 4.94. The Hall–Kier alpha value is -1.75. The lowest BCUT2D eigenvalue weighted by atomic mass is 10.2. The zero-order chi connectivity index (χ0) is 12.4. The number of thiophene rings is 1. The van der Waals surface area contributed by atoms with E-state index < -0.39 is 0 Å². The summed E-state index contributed by atoms with van der Waals surface area (Å²) in [5.41, 5.74) is 0. The van der Waals surface area contributed by atoms with E-state index in [0.717, 1.165) is 15.8 Å². The van der Waals surface area contributed by atoms with Gasteiger partial charge in [-0.1, -0.05) is 0 Å². The van der Waals surface area contributed by atoms with Gasteiger partial charge in [0.05, 0.1) is 26.0 Å². The van der Waals surface area contributed by atoms with E-state index in [-0.39, 0.29) is 5.97 Å². The molecule has 0 aliphatic carbocycles. The van der Waals surface area contributed by atoms with Crippen molar-refractivity contribution < 1.29 is 19.0 Å². The van der Waals surface area contributed by atoms with Gasteiger partial charge in [0.1, 0.15) is 16.4 Å². The number of hydrogen-bond acceptors (Lipinski definition) is 5. The maximum absolute atomic E-state index is 11.5. The van der Waals surface area contributed by atoms with Crippen LogP contribution < -0.4 is 9.47 Å². The average Bonchev–Trinajstić information content (AvgIpc) is 2.81. The Bertz CT molecular complexity index is 518. The first-order valence-corrected chi connectivity index (χ1v) is 5.75. The van der Waals surface area contributed by atoms with E-state index >= 15 is 0 Å². The molecule has 17 heavy (non-hydrogen) atoms. The average molecular weight is 252 g/mol. The monoisotopic (exact) mass is 252 g/mol. The fourth-order valence-electron chi connectivity index (χ4n) is 1.61. The van der Waals surface area contributed by atoms with Gasteiger partial charge < -0.3 is 14.2 Å². The molecule has 1 heterocycles. The number of hydrogen-bond donors (Lipinski definition) is 0. The van der Waals surface area contributed by atoms with Crippen molar-refractivity contribution in [2.75, 3.05) is 21.3 Å². The minimum absolute atomic E-state index is 0.352. The van der Waals surface area contributed by atoms with E-state index in [9.17, 15) is 4.79 Å². The molecular formula is C12H12O4S. The fraction of sp³-hybridized carbons (Fsp3) is 0.250. The third kappa shape index (κ3) is 1.93. The Morgan fingerprint density at radius 1 is 1.12 bits per heavy atom. The van der Waals surface area contributed by atoms with Crippen LogP contribution in [0.4, 0.5) is 0 Å². The molecular weight excluding hydrogens is 240 g/mol. The first kappa shape index (κ1) is 11.7. The largest absolute Gasteiger partial charge is 0.496 e. The second-order valence-corrected chi connectivity index (χ2v) is 4.37. The number of fused-ring (bicyclic) bond motifs is 1. The van der Waals surface area contributed by atoms with Crippen molar-refractivity contribution in [1.82, 2.24) is 0 Å². The van der Waals surface area contributed by atoms with Crippen molar-refractivity contribution in [3.05, 3.63) is 23.1 Å². The molecule has 0 unspecified atom stereocenters. The molecule has 0 spiro atoms. The second kappa shape index (κ2) is 4.63.